The summed E-state index contributed by atoms with van der Waals surface area (Å²) in [6.45, 7) is 7.26. The molecule has 2 nitrogen and oxygen atoms in total. The summed E-state index contributed by atoms with van der Waals surface area (Å²) in [7, 11) is -1.55. The highest BCUT2D eigenvalue weighted by Crippen LogP contribution is 2.50. The summed E-state index contributed by atoms with van der Waals surface area (Å²) in [5.41, 5.74) is 2.72. The summed E-state index contributed by atoms with van der Waals surface area (Å²) in [6, 6.07) is 11.3. The Morgan fingerprint density at radius 1 is 1.04 bits per heavy atom. The molecule has 1 aromatic rings. The molecule has 0 unspecified atom stereocenters. The highest BCUT2D eigenvalue weighted by Gasteiger charge is 2.52. The van der Waals surface area contributed by atoms with Crippen molar-refractivity contribution in [2.45, 2.75) is 64.2 Å². The molecule has 2 saturated heterocycles. The second-order valence-electron chi connectivity index (χ2n) is 8.81. The van der Waals surface area contributed by atoms with Crippen LogP contribution in [0.3, 0.4) is 0 Å². The monoisotopic (exact) mass is 339 g/mol. The summed E-state index contributed by atoms with van der Waals surface area (Å²) < 4.78 is 0. The minimum atomic E-state index is -1.55. The standard InChI is InChI=1S/C21H29NOSi/c1-24(2,3)20(15-9-5-4-6-10-15)19-14-13-18-16-11-7-8-12-17(16)21(23)22(18)19/h4-6,9-10,16-18H,7-8,11-14H2,1-3H3/b20-19+/t16-,17+,18-/m1/s1. The molecule has 24 heavy (non-hydrogen) atoms. The molecular formula is C21H29NOSi. The van der Waals surface area contributed by atoms with Crippen molar-refractivity contribution >= 4 is 19.2 Å². The van der Waals surface area contributed by atoms with Gasteiger partial charge in [-0.05, 0) is 42.4 Å². The second kappa shape index (κ2) is 5.87. The maximum Gasteiger partial charge on any atom is 0.230 e. The third-order valence-electron chi connectivity index (χ3n) is 6.27. The lowest BCUT2D eigenvalue weighted by atomic mass is 9.77. The fourth-order valence-corrected chi connectivity index (χ4v) is 7.57. The van der Waals surface area contributed by atoms with Crippen molar-refractivity contribution in [3.63, 3.8) is 0 Å². The Morgan fingerprint density at radius 2 is 1.75 bits per heavy atom. The van der Waals surface area contributed by atoms with Gasteiger partial charge in [0.15, 0.2) is 0 Å². The van der Waals surface area contributed by atoms with E-state index in [1.54, 1.807) is 0 Å². The smallest absolute Gasteiger partial charge is 0.230 e. The number of carbonyl (C=O) groups excluding carboxylic acids is 1. The number of allylic oxidation sites excluding steroid dienone is 1. The Kier molecular flexibility index (Phi) is 3.95. The van der Waals surface area contributed by atoms with Crippen molar-refractivity contribution in [1.29, 1.82) is 0 Å². The molecule has 2 aliphatic heterocycles. The minimum absolute atomic E-state index is 0.317. The lowest BCUT2D eigenvalue weighted by Gasteiger charge is -2.29. The van der Waals surface area contributed by atoms with Gasteiger partial charge in [0.25, 0.3) is 0 Å². The Hall–Kier alpha value is -1.35. The third-order valence-corrected chi connectivity index (χ3v) is 8.35. The van der Waals surface area contributed by atoms with Crippen LogP contribution in [0.4, 0.5) is 0 Å². The zero-order chi connectivity index (χ0) is 16.9. The number of amides is 1. The van der Waals surface area contributed by atoms with Crippen LogP contribution >= 0.6 is 0 Å². The molecule has 128 valence electrons. The zero-order valence-electron chi connectivity index (χ0n) is 15.2. The van der Waals surface area contributed by atoms with Crippen LogP contribution in [0, 0.1) is 11.8 Å². The Morgan fingerprint density at radius 3 is 2.46 bits per heavy atom. The van der Waals surface area contributed by atoms with Gasteiger partial charge in [0, 0.05) is 17.7 Å². The highest BCUT2D eigenvalue weighted by molar-refractivity contribution is 6.93. The molecule has 0 N–H and O–H groups in total. The lowest BCUT2D eigenvalue weighted by Crippen LogP contribution is -2.33. The molecule has 1 aliphatic carbocycles. The Labute approximate surface area is 147 Å². The van der Waals surface area contributed by atoms with Crippen molar-refractivity contribution in [2.24, 2.45) is 11.8 Å². The quantitative estimate of drug-likeness (QED) is 0.688. The normalized spacial score (nSPS) is 31.9. The van der Waals surface area contributed by atoms with Crippen LogP contribution in [-0.4, -0.2) is 24.9 Å². The fraction of sp³-hybridized carbons (Fsp3) is 0.571. The van der Waals surface area contributed by atoms with Gasteiger partial charge in [0.05, 0.1) is 8.07 Å². The molecule has 4 rings (SSSR count). The molecule has 1 amide bonds. The van der Waals surface area contributed by atoms with E-state index in [9.17, 15) is 4.79 Å². The summed E-state index contributed by atoms with van der Waals surface area (Å²) in [6.07, 6.45) is 7.22. The minimum Gasteiger partial charge on any atom is -0.313 e. The largest absolute Gasteiger partial charge is 0.313 e. The van der Waals surface area contributed by atoms with Gasteiger partial charge < -0.3 is 4.90 Å². The summed E-state index contributed by atoms with van der Waals surface area (Å²) in [5, 5.41) is 1.51. The zero-order valence-corrected chi connectivity index (χ0v) is 16.2. The summed E-state index contributed by atoms with van der Waals surface area (Å²) in [4.78, 5) is 15.5. The summed E-state index contributed by atoms with van der Waals surface area (Å²) >= 11 is 0. The molecule has 0 aromatic heterocycles. The molecular weight excluding hydrogens is 310 g/mol. The number of nitrogens with zero attached hydrogens (tertiary/aromatic N) is 1. The molecule has 3 fully saturated rings. The molecule has 3 aliphatic rings. The molecule has 0 spiro atoms. The van der Waals surface area contributed by atoms with Crippen LogP contribution < -0.4 is 0 Å². The fourth-order valence-electron chi connectivity index (χ4n) is 5.42. The topological polar surface area (TPSA) is 20.3 Å². The first-order valence-electron chi connectivity index (χ1n) is 9.60. The van der Waals surface area contributed by atoms with Crippen LogP contribution in [0.15, 0.2) is 36.0 Å². The molecule has 2 heterocycles. The van der Waals surface area contributed by atoms with Crippen molar-refractivity contribution < 1.29 is 4.79 Å². The van der Waals surface area contributed by atoms with E-state index in [4.69, 9.17) is 0 Å². The number of hydrogen-bond acceptors (Lipinski definition) is 1. The lowest BCUT2D eigenvalue weighted by molar-refractivity contribution is -0.130. The number of carbonyl (C=O) groups is 1. The van der Waals surface area contributed by atoms with Crippen LogP contribution in [0.2, 0.25) is 19.6 Å². The highest BCUT2D eigenvalue weighted by atomic mass is 28.3. The number of fused-ring (bicyclic) bond motifs is 3. The molecule has 3 atom stereocenters. The third kappa shape index (κ3) is 2.48. The van der Waals surface area contributed by atoms with E-state index in [1.807, 2.05) is 0 Å². The van der Waals surface area contributed by atoms with Crippen LogP contribution in [0.25, 0.3) is 5.20 Å². The van der Waals surface area contributed by atoms with Gasteiger partial charge in [-0.2, -0.15) is 0 Å². The Bertz CT molecular complexity index is 673. The molecule has 1 saturated carbocycles. The Balaban J connectivity index is 1.82. The van der Waals surface area contributed by atoms with Crippen molar-refractivity contribution in [3.05, 3.63) is 41.6 Å². The molecule has 1 aromatic carbocycles. The number of rotatable bonds is 2. The van der Waals surface area contributed by atoms with E-state index in [0.29, 0.717) is 23.8 Å². The van der Waals surface area contributed by atoms with E-state index in [0.717, 1.165) is 12.8 Å². The van der Waals surface area contributed by atoms with Gasteiger partial charge in [-0.1, -0.05) is 62.8 Å². The second-order valence-corrected chi connectivity index (χ2v) is 13.8. The molecule has 3 heteroatoms. The first-order chi connectivity index (χ1) is 11.5. The van der Waals surface area contributed by atoms with Gasteiger partial charge in [0.2, 0.25) is 5.91 Å². The van der Waals surface area contributed by atoms with Crippen molar-refractivity contribution in [3.8, 4) is 0 Å². The van der Waals surface area contributed by atoms with E-state index < -0.39 is 8.07 Å². The number of hydrogen-bond donors (Lipinski definition) is 0. The van der Waals surface area contributed by atoms with E-state index in [1.165, 1.54) is 42.1 Å². The van der Waals surface area contributed by atoms with E-state index in [2.05, 4.69) is 54.9 Å². The van der Waals surface area contributed by atoms with Gasteiger partial charge in [-0.25, -0.2) is 0 Å². The van der Waals surface area contributed by atoms with Gasteiger partial charge in [-0.15, -0.1) is 0 Å². The van der Waals surface area contributed by atoms with Crippen LogP contribution in [0.1, 0.15) is 44.1 Å². The number of benzene rings is 1. The first-order valence-corrected chi connectivity index (χ1v) is 13.1. The maximum absolute atomic E-state index is 13.2. The predicted molar refractivity (Wildman–Crippen MR) is 102 cm³/mol. The van der Waals surface area contributed by atoms with Gasteiger partial charge in [0.1, 0.15) is 0 Å². The van der Waals surface area contributed by atoms with E-state index >= 15 is 0 Å². The average Bonchev–Trinajstić information content (AvgIpc) is 3.09. The SMILES string of the molecule is C[Si](C)(C)/C(=C1\CC[C@@H]2[C@@H]3CCCC[C@@H]3C(=O)N12)c1ccccc1. The first kappa shape index (κ1) is 16.1. The molecule has 0 bridgehead atoms. The van der Waals surface area contributed by atoms with Gasteiger partial charge >= 0.3 is 0 Å². The van der Waals surface area contributed by atoms with Crippen molar-refractivity contribution in [1.82, 2.24) is 4.90 Å². The summed E-state index contributed by atoms with van der Waals surface area (Å²) in [5.74, 6) is 1.39. The van der Waals surface area contributed by atoms with Crippen LogP contribution in [-0.2, 0) is 4.79 Å². The average molecular weight is 340 g/mol. The molecule has 0 radical (unpaired) electrons. The van der Waals surface area contributed by atoms with Crippen molar-refractivity contribution in [2.75, 3.05) is 0 Å². The van der Waals surface area contributed by atoms with E-state index in [-0.39, 0.29) is 0 Å². The predicted octanol–water partition coefficient (Wildman–Crippen LogP) is 5.09. The maximum atomic E-state index is 13.2. The van der Waals surface area contributed by atoms with Gasteiger partial charge in [-0.3, -0.25) is 4.79 Å². The van der Waals surface area contributed by atoms with Crippen LogP contribution in [0.5, 0.6) is 0 Å².